The van der Waals surface area contributed by atoms with Crippen molar-refractivity contribution in [3.8, 4) is 0 Å². The molecule has 1 aromatic carbocycles. The van der Waals surface area contributed by atoms with Crippen molar-refractivity contribution in [3.63, 3.8) is 0 Å². The average molecular weight is 365 g/mol. The molecule has 1 heterocycles. The second kappa shape index (κ2) is 5.61. The van der Waals surface area contributed by atoms with Gasteiger partial charge in [0.2, 0.25) is 10.0 Å². The predicted octanol–water partition coefficient (Wildman–Crippen LogP) is 2.98. The first kappa shape index (κ1) is 15.7. The second-order valence-electron chi connectivity index (χ2n) is 5.37. The highest BCUT2D eigenvalue weighted by Crippen LogP contribution is 2.33. The van der Waals surface area contributed by atoms with Crippen LogP contribution in [0.1, 0.15) is 26.7 Å². The van der Waals surface area contributed by atoms with Crippen molar-refractivity contribution in [2.24, 2.45) is 5.92 Å². The molecule has 2 rings (SSSR count). The van der Waals surface area contributed by atoms with Gasteiger partial charge in [-0.2, -0.15) is 4.31 Å². The first-order valence-corrected chi connectivity index (χ1v) is 8.75. The summed E-state index contributed by atoms with van der Waals surface area (Å²) in [7, 11) is -3.85. The predicted molar refractivity (Wildman–Crippen MR) is 80.3 cm³/mol. The van der Waals surface area contributed by atoms with Gasteiger partial charge in [0.1, 0.15) is 10.7 Å². The Labute approximate surface area is 127 Å². The van der Waals surface area contributed by atoms with E-state index >= 15 is 0 Å². The summed E-state index contributed by atoms with van der Waals surface area (Å²) in [6.07, 6.45) is 1.61. The normalized spacial score (nSPS) is 20.8. The maximum absolute atomic E-state index is 14.0. The average Bonchev–Trinajstić information content (AvgIpc) is 2.83. The number of rotatable bonds is 3. The topological polar surface area (TPSA) is 63.4 Å². The Balaban J connectivity index is 2.48. The smallest absolute Gasteiger partial charge is 0.246 e. The molecule has 7 heteroatoms. The second-order valence-corrected chi connectivity index (χ2v) is 8.09. The fourth-order valence-electron chi connectivity index (χ4n) is 2.60. The maximum Gasteiger partial charge on any atom is 0.246 e. The number of anilines is 1. The minimum atomic E-state index is -3.85. The van der Waals surface area contributed by atoms with E-state index in [-0.39, 0.29) is 22.5 Å². The van der Waals surface area contributed by atoms with Crippen LogP contribution in [0.2, 0.25) is 0 Å². The van der Waals surface area contributed by atoms with Crippen LogP contribution in [0.3, 0.4) is 0 Å². The van der Waals surface area contributed by atoms with Gasteiger partial charge in [-0.15, -0.1) is 0 Å². The zero-order valence-corrected chi connectivity index (χ0v) is 13.8. The van der Waals surface area contributed by atoms with Crippen LogP contribution in [0.4, 0.5) is 10.1 Å². The van der Waals surface area contributed by atoms with Crippen LogP contribution >= 0.6 is 15.9 Å². The molecule has 0 amide bonds. The number of hydrogen-bond acceptors (Lipinski definition) is 3. The van der Waals surface area contributed by atoms with Crippen molar-refractivity contribution < 1.29 is 12.8 Å². The van der Waals surface area contributed by atoms with E-state index < -0.39 is 15.8 Å². The molecule has 2 N–H and O–H groups in total. The summed E-state index contributed by atoms with van der Waals surface area (Å²) >= 11 is 3.09. The highest BCUT2D eigenvalue weighted by molar-refractivity contribution is 9.10. The van der Waals surface area contributed by atoms with Gasteiger partial charge in [0.15, 0.2) is 0 Å². The van der Waals surface area contributed by atoms with Crippen molar-refractivity contribution in [2.45, 2.75) is 37.6 Å². The van der Waals surface area contributed by atoms with Crippen LogP contribution in [0.25, 0.3) is 0 Å². The molecule has 1 unspecified atom stereocenters. The fourth-order valence-corrected chi connectivity index (χ4v) is 4.82. The van der Waals surface area contributed by atoms with Gasteiger partial charge in [-0.25, -0.2) is 12.8 Å². The molecule has 1 aliphatic rings. The molecule has 1 fully saturated rings. The molecule has 20 heavy (non-hydrogen) atoms. The quantitative estimate of drug-likeness (QED) is 0.838. The molecule has 0 spiro atoms. The molecular formula is C13H18BrFN2O2S. The number of sulfonamides is 1. The van der Waals surface area contributed by atoms with E-state index in [1.807, 2.05) is 13.8 Å². The SMILES string of the molecule is CC(C)C1CCCN1S(=O)(=O)c1cc(N)c(Br)cc1F. The van der Waals surface area contributed by atoms with E-state index in [1.165, 1.54) is 10.4 Å². The Kier molecular flexibility index (Phi) is 4.41. The maximum atomic E-state index is 14.0. The van der Waals surface area contributed by atoms with E-state index in [4.69, 9.17) is 5.73 Å². The summed E-state index contributed by atoms with van der Waals surface area (Å²) < 4.78 is 41.1. The van der Waals surface area contributed by atoms with Gasteiger partial charge in [-0.1, -0.05) is 13.8 Å². The largest absolute Gasteiger partial charge is 0.398 e. The monoisotopic (exact) mass is 364 g/mol. The number of nitrogens with zero attached hydrogens (tertiary/aromatic N) is 1. The number of halogens is 2. The van der Waals surface area contributed by atoms with Crippen molar-refractivity contribution in [1.29, 1.82) is 0 Å². The van der Waals surface area contributed by atoms with E-state index in [2.05, 4.69) is 15.9 Å². The van der Waals surface area contributed by atoms with Crippen LogP contribution in [0.15, 0.2) is 21.5 Å². The van der Waals surface area contributed by atoms with Gasteiger partial charge < -0.3 is 5.73 Å². The first-order valence-electron chi connectivity index (χ1n) is 6.51. The van der Waals surface area contributed by atoms with Crippen LogP contribution in [-0.4, -0.2) is 25.3 Å². The van der Waals surface area contributed by atoms with Gasteiger partial charge in [-0.3, -0.25) is 0 Å². The van der Waals surface area contributed by atoms with Crippen molar-refractivity contribution in [1.82, 2.24) is 4.31 Å². The van der Waals surface area contributed by atoms with Gasteiger partial charge in [0.25, 0.3) is 0 Å². The highest BCUT2D eigenvalue weighted by atomic mass is 79.9. The fraction of sp³-hybridized carbons (Fsp3) is 0.538. The minimum Gasteiger partial charge on any atom is -0.398 e. The van der Waals surface area contributed by atoms with E-state index in [9.17, 15) is 12.8 Å². The molecule has 0 bridgehead atoms. The molecule has 1 saturated heterocycles. The first-order chi connectivity index (χ1) is 9.25. The van der Waals surface area contributed by atoms with Crippen molar-refractivity contribution in [3.05, 3.63) is 22.4 Å². The van der Waals surface area contributed by atoms with E-state index in [1.54, 1.807) is 0 Å². The minimum absolute atomic E-state index is 0.0794. The summed E-state index contributed by atoms with van der Waals surface area (Å²) in [6.45, 7) is 4.39. The molecule has 0 aliphatic carbocycles. The lowest BCUT2D eigenvalue weighted by Crippen LogP contribution is -2.38. The zero-order valence-electron chi connectivity index (χ0n) is 11.4. The number of nitrogens with two attached hydrogens (primary N) is 1. The van der Waals surface area contributed by atoms with Crippen molar-refractivity contribution >= 4 is 31.6 Å². The number of hydrogen-bond donors (Lipinski definition) is 1. The summed E-state index contributed by atoms with van der Waals surface area (Å²) in [5, 5.41) is 0. The van der Waals surface area contributed by atoms with Crippen LogP contribution < -0.4 is 5.73 Å². The molecule has 0 saturated carbocycles. The van der Waals surface area contributed by atoms with Crippen molar-refractivity contribution in [2.75, 3.05) is 12.3 Å². The molecule has 1 aliphatic heterocycles. The third-order valence-corrected chi connectivity index (χ3v) is 6.28. The lowest BCUT2D eigenvalue weighted by atomic mass is 10.0. The Morgan fingerprint density at radius 2 is 2.10 bits per heavy atom. The third kappa shape index (κ3) is 2.71. The van der Waals surface area contributed by atoms with Gasteiger partial charge in [0, 0.05) is 22.7 Å². The summed E-state index contributed by atoms with van der Waals surface area (Å²) in [6, 6.07) is 2.21. The molecule has 1 atom stereocenters. The molecule has 112 valence electrons. The molecular weight excluding hydrogens is 347 g/mol. The van der Waals surface area contributed by atoms with Crippen LogP contribution in [0.5, 0.6) is 0 Å². The Bertz CT molecular complexity index is 619. The Morgan fingerprint density at radius 1 is 1.45 bits per heavy atom. The summed E-state index contributed by atoms with van der Waals surface area (Å²) in [5.41, 5.74) is 5.90. The molecule has 1 aromatic rings. The Hall–Kier alpha value is -0.660. The van der Waals surface area contributed by atoms with Gasteiger partial charge in [-0.05, 0) is 46.8 Å². The standard InChI is InChI=1S/C13H18BrFN2O2S/c1-8(2)12-4-3-5-17(12)20(18,19)13-7-11(16)9(14)6-10(13)15/h6-8,12H,3-5,16H2,1-2H3. The van der Waals surface area contributed by atoms with Gasteiger partial charge in [0.05, 0.1) is 0 Å². The summed E-state index contributed by atoms with van der Waals surface area (Å²) in [4.78, 5) is -0.342. The lowest BCUT2D eigenvalue weighted by molar-refractivity contribution is 0.314. The molecule has 0 aromatic heterocycles. The van der Waals surface area contributed by atoms with Crippen LogP contribution in [-0.2, 0) is 10.0 Å². The van der Waals surface area contributed by atoms with Gasteiger partial charge >= 0.3 is 0 Å². The molecule has 4 nitrogen and oxygen atoms in total. The zero-order chi connectivity index (χ0) is 15.1. The van der Waals surface area contributed by atoms with E-state index in [0.29, 0.717) is 11.0 Å². The summed E-state index contributed by atoms with van der Waals surface area (Å²) in [5.74, 6) is -0.580. The molecule has 0 radical (unpaired) electrons. The van der Waals surface area contributed by atoms with E-state index in [0.717, 1.165) is 18.9 Å². The lowest BCUT2D eigenvalue weighted by Gasteiger charge is -2.27. The highest BCUT2D eigenvalue weighted by Gasteiger charge is 2.38. The van der Waals surface area contributed by atoms with Crippen LogP contribution in [0, 0.1) is 11.7 Å². The Morgan fingerprint density at radius 3 is 2.70 bits per heavy atom. The number of nitrogen functional groups attached to an aromatic ring is 1. The third-order valence-electron chi connectivity index (χ3n) is 3.66. The number of benzene rings is 1.